The number of nitrogens with zero attached hydrogens (tertiary/aromatic N) is 2. The predicted octanol–water partition coefficient (Wildman–Crippen LogP) is 1.47. The smallest absolute Gasteiger partial charge is 0.295 e. The van der Waals surface area contributed by atoms with Crippen LogP contribution in [0.1, 0.15) is 15.9 Å². The quantitative estimate of drug-likeness (QED) is 0.568. The number of amidine groups is 1. The summed E-state index contributed by atoms with van der Waals surface area (Å²) in [4.78, 5) is 18.1. The predicted molar refractivity (Wildman–Crippen MR) is 72.3 cm³/mol. The van der Waals surface area contributed by atoms with Crippen LogP contribution in [0.4, 0.5) is 0 Å². The summed E-state index contributed by atoms with van der Waals surface area (Å²) in [7, 11) is 1.53. The number of aryl methyl sites for hydroxylation is 1. The van der Waals surface area contributed by atoms with Crippen molar-refractivity contribution in [2.24, 2.45) is 4.99 Å². The Hall–Kier alpha value is -1.88. The second-order valence-corrected chi connectivity index (χ2v) is 4.32. The van der Waals surface area contributed by atoms with Crippen molar-refractivity contribution in [2.45, 2.75) is 6.92 Å². The second-order valence-electron chi connectivity index (χ2n) is 4.32. The lowest BCUT2D eigenvalue weighted by Crippen LogP contribution is -2.41. The number of amides is 1. The zero-order chi connectivity index (χ0) is 13.7. The Balaban J connectivity index is 2.17. The Labute approximate surface area is 112 Å². The third-order valence-electron chi connectivity index (χ3n) is 3.04. The molecule has 0 atom stereocenters. The van der Waals surface area contributed by atoms with Gasteiger partial charge in [-0.3, -0.25) is 4.79 Å². The van der Waals surface area contributed by atoms with Crippen molar-refractivity contribution in [3.8, 4) is 0 Å². The molecule has 2 rings (SSSR count). The molecule has 5 heteroatoms. The van der Waals surface area contributed by atoms with Crippen molar-refractivity contribution in [1.82, 2.24) is 4.90 Å². The number of aliphatic imine (C=N–C) groups is 1. The standard InChI is InChI=1S/C14H18N2O3/c1-11-5-3-4-6-12(11)13(17)15-14(18-2)16-7-9-19-10-8-16/h3-6H,7-10H2,1-2H3. The molecule has 0 radical (unpaired) electrons. The molecule has 1 amide bonds. The molecule has 5 nitrogen and oxygen atoms in total. The number of rotatable bonds is 1. The maximum atomic E-state index is 12.2. The van der Waals surface area contributed by atoms with Crippen LogP contribution in [0, 0.1) is 6.92 Å². The topological polar surface area (TPSA) is 51.1 Å². The maximum absolute atomic E-state index is 12.2. The van der Waals surface area contributed by atoms with Crippen molar-refractivity contribution in [3.05, 3.63) is 35.4 Å². The van der Waals surface area contributed by atoms with Gasteiger partial charge in [-0.2, -0.15) is 4.99 Å². The van der Waals surface area contributed by atoms with Gasteiger partial charge in [-0.05, 0) is 18.6 Å². The van der Waals surface area contributed by atoms with Gasteiger partial charge in [0.1, 0.15) is 0 Å². The van der Waals surface area contributed by atoms with Crippen LogP contribution in [0.3, 0.4) is 0 Å². The minimum Gasteiger partial charge on any atom is -0.468 e. The molecule has 0 bridgehead atoms. The van der Waals surface area contributed by atoms with E-state index in [0.717, 1.165) is 5.56 Å². The van der Waals surface area contributed by atoms with E-state index >= 15 is 0 Å². The van der Waals surface area contributed by atoms with Crippen LogP contribution in [-0.2, 0) is 9.47 Å². The minimum absolute atomic E-state index is 0.276. The molecule has 1 aliphatic rings. The van der Waals surface area contributed by atoms with Gasteiger partial charge in [-0.15, -0.1) is 0 Å². The summed E-state index contributed by atoms with van der Waals surface area (Å²) in [5.74, 6) is -0.276. The van der Waals surface area contributed by atoms with Gasteiger partial charge in [0.25, 0.3) is 11.9 Å². The highest BCUT2D eigenvalue weighted by Gasteiger charge is 2.18. The first kappa shape index (κ1) is 13.5. The molecule has 0 spiro atoms. The number of methoxy groups -OCH3 is 1. The van der Waals surface area contributed by atoms with Gasteiger partial charge in [0.2, 0.25) is 0 Å². The van der Waals surface area contributed by atoms with Crippen molar-refractivity contribution < 1.29 is 14.3 Å². The molecule has 0 saturated carbocycles. The molecule has 1 saturated heterocycles. The van der Waals surface area contributed by atoms with Crippen LogP contribution < -0.4 is 0 Å². The van der Waals surface area contributed by atoms with Crippen LogP contribution in [0.5, 0.6) is 0 Å². The van der Waals surface area contributed by atoms with E-state index in [0.29, 0.717) is 37.9 Å². The first-order valence-electron chi connectivity index (χ1n) is 6.27. The summed E-state index contributed by atoms with van der Waals surface area (Å²) < 4.78 is 10.5. The number of ether oxygens (including phenoxy) is 2. The fourth-order valence-electron chi connectivity index (χ4n) is 1.96. The third-order valence-corrected chi connectivity index (χ3v) is 3.04. The first-order valence-corrected chi connectivity index (χ1v) is 6.27. The summed E-state index contributed by atoms with van der Waals surface area (Å²) in [6.07, 6.45) is 0. The van der Waals surface area contributed by atoms with Crippen LogP contribution >= 0.6 is 0 Å². The normalized spacial score (nSPS) is 16.3. The van der Waals surface area contributed by atoms with Crippen molar-refractivity contribution in [1.29, 1.82) is 0 Å². The van der Waals surface area contributed by atoms with Gasteiger partial charge in [-0.25, -0.2) is 0 Å². The van der Waals surface area contributed by atoms with E-state index in [4.69, 9.17) is 9.47 Å². The Morgan fingerprint density at radius 1 is 1.32 bits per heavy atom. The molecule has 1 aromatic rings. The van der Waals surface area contributed by atoms with Crippen molar-refractivity contribution in [2.75, 3.05) is 33.4 Å². The molecule has 0 aliphatic carbocycles. The van der Waals surface area contributed by atoms with E-state index < -0.39 is 0 Å². The average molecular weight is 262 g/mol. The number of carbonyl (C=O) groups is 1. The molecular weight excluding hydrogens is 244 g/mol. The molecule has 102 valence electrons. The van der Waals surface area contributed by atoms with Crippen LogP contribution in [0.15, 0.2) is 29.3 Å². The third kappa shape index (κ3) is 3.32. The Kier molecular flexibility index (Phi) is 4.52. The summed E-state index contributed by atoms with van der Waals surface area (Å²) in [6, 6.07) is 7.75. The Bertz CT molecular complexity index is 479. The minimum atomic E-state index is -0.276. The average Bonchev–Trinajstić information content (AvgIpc) is 2.46. The van der Waals surface area contributed by atoms with E-state index in [1.807, 2.05) is 30.0 Å². The van der Waals surface area contributed by atoms with E-state index in [-0.39, 0.29) is 5.91 Å². The van der Waals surface area contributed by atoms with Crippen LogP contribution in [0.25, 0.3) is 0 Å². The molecule has 1 aromatic carbocycles. The van der Waals surface area contributed by atoms with Gasteiger partial charge >= 0.3 is 0 Å². The van der Waals surface area contributed by atoms with Gasteiger partial charge < -0.3 is 14.4 Å². The Morgan fingerprint density at radius 2 is 2.00 bits per heavy atom. The second kappa shape index (κ2) is 6.33. The zero-order valence-electron chi connectivity index (χ0n) is 11.3. The number of carbonyl (C=O) groups excluding carboxylic acids is 1. The largest absolute Gasteiger partial charge is 0.468 e. The van der Waals surface area contributed by atoms with Crippen LogP contribution in [0.2, 0.25) is 0 Å². The molecule has 0 aromatic heterocycles. The number of hydrogen-bond acceptors (Lipinski definition) is 3. The molecule has 1 fully saturated rings. The summed E-state index contributed by atoms with van der Waals surface area (Å²) in [6.45, 7) is 4.52. The lowest BCUT2D eigenvalue weighted by atomic mass is 10.1. The van der Waals surface area contributed by atoms with Gasteiger partial charge in [0.05, 0.1) is 20.3 Å². The van der Waals surface area contributed by atoms with E-state index in [1.54, 1.807) is 6.07 Å². The highest BCUT2D eigenvalue weighted by atomic mass is 16.5. The van der Waals surface area contributed by atoms with Crippen LogP contribution in [-0.4, -0.2) is 50.2 Å². The first-order chi connectivity index (χ1) is 9.22. The fourth-order valence-corrected chi connectivity index (χ4v) is 1.96. The Morgan fingerprint density at radius 3 is 2.63 bits per heavy atom. The van der Waals surface area contributed by atoms with E-state index in [9.17, 15) is 4.79 Å². The van der Waals surface area contributed by atoms with E-state index in [2.05, 4.69) is 4.99 Å². The molecule has 0 unspecified atom stereocenters. The van der Waals surface area contributed by atoms with Gasteiger partial charge in [0, 0.05) is 18.7 Å². The molecule has 0 N–H and O–H groups in total. The maximum Gasteiger partial charge on any atom is 0.295 e. The summed E-state index contributed by atoms with van der Waals surface area (Å²) in [5.41, 5.74) is 1.51. The monoisotopic (exact) mass is 262 g/mol. The number of hydrogen-bond donors (Lipinski definition) is 0. The number of benzene rings is 1. The fraction of sp³-hybridized carbons (Fsp3) is 0.429. The van der Waals surface area contributed by atoms with Crippen molar-refractivity contribution >= 4 is 11.9 Å². The molecule has 1 heterocycles. The van der Waals surface area contributed by atoms with Gasteiger partial charge in [-0.1, -0.05) is 18.2 Å². The van der Waals surface area contributed by atoms with Gasteiger partial charge in [0.15, 0.2) is 0 Å². The van der Waals surface area contributed by atoms with E-state index in [1.165, 1.54) is 7.11 Å². The number of morpholine rings is 1. The lowest BCUT2D eigenvalue weighted by Gasteiger charge is -2.27. The highest BCUT2D eigenvalue weighted by molar-refractivity contribution is 6.02. The summed E-state index contributed by atoms with van der Waals surface area (Å²) >= 11 is 0. The molecular formula is C14H18N2O3. The summed E-state index contributed by atoms with van der Waals surface area (Å²) in [5, 5.41) is 0. The lowest BCUT2D eigenvalue weighted by molar-refractivity contribution is 0.0574. The highest BCUT2D eigenvalue weighted by Crippen LogP contribution is 2.09. The molecule has 19 heavy (non-hydrogen) atoms. The molecule has 1 aliphatic heterocycles. The van der Waals surface area contributed by atoms with Crippen molar-refractivity contribution in [3.63, 3.8) is 0 Å². The zero-order valence-corrected chi connectivity index (χ0v) is 11.3. The SMILES string of the molecule is COC(=NC(=O)c1ccccc1C)N1CCOCC1.